The van der Waals surface area contributed by atoms with E-state index in [1.165, 1.54) is 11.3 Å². The zero-order valence-electron chi connectivity index (χ0n) is 9.61. The maximum Gasteiger partial charge on any atom is 0.275 e. The van der Waals surface area contributed by atoms with Crippen LogP contribution in [0.1, 0.15) is 21.2 Å². The van der Waals surface area contributed by atoms with Crippen LogP contribution in [0.5, 0.6) is 0 Å². The highest BCUT2D eigenvalue weighted by atomic mass is 79.9. The van der Waals surface area contributed by atoms with E-state index in [9.17, 15) is 4.79 Å². The molecule has 0 radical (unpaired) electrons. The molecule has 0 aromatic carbocycles. The molecule has 18 heavy (non-hydrogen) atoms. The van der Waals surface area contributed by atoms with Crippen molar-refractivity contribution in [3.63, 3.8) is 0 Å². The number of nitrogens with two attached hydrogens (primary N) is 1. The number of aromatic nitrogens is 2. The van der Waals surface area contributed by atoms with Gasteiger partial charge in [-0.15, -0.1) is 11.3 Å². The molecule has 0 fully saturated rings. The van der Waals surface area contributed by atoms with Crippen molar-refractivity contribution in [2.75, 3.05) is 5.32 Å². The summed E-state index contributed by atoms with van der Waals surface area (Å²) in [4.78, 5) is 20.3. The molecular formula is C11H11BrN4OS. The Morgan fingerprint density at radius 3 is 2.89 bits per heavy atom. The van der Waals surface area contributed by atoms with Gasteiger partial charge in [0.15, 0.2) is 0 Å². The van der Waals surface area contributed by atoms with Crippen LogP contribution >= 0.6 is 27.3 Å². The maximum atomic E-state index is 11.9. The number of hydrogen-bond donors (Lipinski definition) is 2. The van der Waals surface area contributed by atoms with Crippen LogP contribution in [0.2, 0.25) is 0 Å². The summed E-state index contributed by atoms with van der Waals surface area (Å²) < 4.78 is 0.733. The number of hydrogen-bond acceptors (Lipinski definition) is 5. The van der Waals surface area contributed by atoms with Gasteiger partial charge in [-0.05, 0) is 35.0 Å². The van der Waals surface area contributed by atoms with Gasteiger partial charge in [0.1, 0.15) is 15.3 Å². The van der Waals surface area contributed by atoms with Crippen LogP contribution in [0.15, 0.2) is 22.1 Å². The summed E-state index contributed by atoms with van der Waals surface area (Å²) in [5.41, 5.74) is 7.25. The summed E-state index contributed by atoms with van der Waals surface area (Å²) in [5, 5.41) is 5.21. The lowest BCUT2D eigenvalue weighted by Gasteiger charge is -2.06. The molecule has 0 bridgehead atoms. The monoisotopic (exact) mass is 326 g/mol. The third-order valence-corrected chi connectivity index (χ3v) is 3.57. The molecule has 7 heteroatoms. The number of carbonyl (C=O) groups excluding carboxylic acids is 1. The molecular weight excluding hydrogens is 316 g/mol. The number of aryl methyl sites for hydroxylation is 1. The lowest BCUT2D eigenvalue weighted by Crippen LogP contribution is -2.14. The highest BCUT2D eigenvalue weighted by molar-refractivity contribution is 9.10. The Morgan fingerprint density at radius 2 is 2.28 bits per heavy atom. The van der Waals surface area contributed by atoms with E-state index >= 15 is 0 Å². The van der Waals surface area contributed by atoms with E-state index in [1.807, 2.05) is 6.92 Å². The number of amides is 1. The lowest BCUT2D eigenvalue weighted by atomic mass is 10.3. The number of halogens is 1. The normalized spacial score (nSPS) is 10.4. The quantitative estimate of drug-likeness (QED) is 0.848. The molecule has 94 valence electrons. The second-order valence-corrected chi connectivity index (χ2v) is 5.31. The van der Waals surface area contributed by atoms with Crippen LogP contribution in [0, 0.1) is 6.92 Å². The van der Waals surface area contributed by atoms with Gasteiger partial charge < -0.3 is 11.1 Å². The van der Waals surface area contributed by atoms with E-state index < -0.39 is 0 Å². The van der Waals surface area contributed by atoms with Crippen molar-refractivity contribution in [1.82, 2.24) is 9.97 Å². The molecule has 0 saturated heterocycles. The zero-order chi connectivity index (χ0) is 13.1. The molecule has 3 N–H and O–H groups in total. The minimum atomic E-state index is -0.252. The molecule has 2 aromatic heterocycles. The lowest BCUT2D eigenvalue weighted by molar-refractivity contribution is 0.102. The number of nitrogens with one attached hydrogen (secondary N) is 1. The van der Waals surface area contributed by atoms with Crippen LogP contribution < -0.4 is 11.1 Å². The van der Waals surface area contributed by atoms with Crippen molar-refractivity contribution in [1.29, 1.82) is 0 Å². The first-order chi connectivity index (χ1) is 8.60. The standard InChI is InChI=1S/C11H11BrN4OS/c1-6-7(2-3-9(12)14-6)16-11(17)8-5-18-10(4-13)15-8/h2-3,5H,4,13H2,1H3,(H,16,17). The van der Waals surface area contributed by atoms with Crippen molar-refractivity contribution in [3.8, 4) is 0 Å². The average molecular weight is 327 g/mol. The molecule has 0 aliphatic rings. The first-order valence-electron chi connectivity index (χ1n) is 5.19. The predicted molar refractivity (Wildman–Crippen MR) is 74.6 cm³/mol. The minimum Gasteiger partial charge on any atom is -0.325 e. The summed E-state index contributed by atoms with van der Waals surface area (Å²) in [6.45, 7) is 2.17. The van der Waals surface area contributed by atoms with E-state index in [0.29, 0.717) is 17.9 Å². The molecule has 5 nitrogen and oxygen atoms in total. The fourth-order valence-electron chi connectivity index (χ4n) is 1.36. The van der Waals surface area contributed by atoms with E-state index in [2.05, 4.69) is 31.2 Å². The van der Waals surface area contributed by atoms with Crippen molar-refractivity contribution < 1.29 is 4.79 Å². The van der Waals surface area contributed by atoms with Gasteiger partial charge in [0.25, 0.3) is 5.91 Å². The Hall–Kier alpha value is -1.31. The summed E-state index contributed by atoms with van der Waals surface area (Å²) in [6, 6.07) is 3.56. The molecule has 0 atom stereocenters. The van der Waals surface area contributed by atoms with Gasteiger partial charge in [-0.2, -0.15) is 0 Å². The zero-order valence-corrected chi connectivity index (χ0v) is 12.0. The van der Waals surface area contributed by atoms with E-state index in [0.717, 1.165) is 15.3 Å². The Labute approximate surface area is 117 Å². The van der Waals surface area contributed by atoms with Crippen molar-refractivity contribution in [3.05, 3.63) is 38.5 Å². The van der Waals surface area contributed by atoms with Crippen LogP contribution in [-0.4, -0.2) is 15.9 Å². The first kappa shape index (κ1) is 13.1. The molecule has 0 unspecified atom stereocenters. The molecule has 2 heterocycles. The van der Waals surface area contributed by atoms with Crippen LogP contribution in [-0.2, 0) is 6.54 Å². The second kappa shape index (κ2) is 5.55. The topological polar surface area (TPSA) is 80.9 Å². The van der Waals surface area contributed by atoms with Gasteiger partial charge in [0.2, 0.25) is 0 Å². The van der Waals surface area contributed by atoms with E-state index in [-0.39, 0.29) is 5.91 Å². The van der Waals surface area contributed by atoms with Gasteiger partial charge >= 0.3 is 0 Å². The van der Waals surface area contributed by atoms with E-state index in [1.54, 1.807) is 17.5 Å². The smallest absolute Gasteiger partial charge is 0.275 e. The fraction of sp³-hybridized carbons (Fsp3) is 0.182. The first-order valence-corrected chi connectivity index (χ1v) is 6.86. The molecule has 0 saturated carbocycles. The summed E-state index contributed by atoms with van der Waals surface area (Å²) in [5.74, 6) is -0.252. The minimum absolute atomic E-state index is 0.252. The predicted octanol–water partition coefficient (Wildman–Crippen LogP) is 2.32. The summed E-state index contributed by atoms with van der Waals surface area (Å²) in [7, 11) is 0. The molecule has 2 rings (SSSR count). The van der Waals surface area contributed by atoms with Gasteiger partial charge in [-0.25, -0.2) is 9.97 Å². The van der Waals surface area contributed by atoms with Gasteiger partial charge in [-0.3, -0.25) is 4.79 Å². The number of nitrogens with zero attached hydrogens (tertiary/aromatic N) is 2. The molecule has 1 amide bonds. The molecule has 0 aliphatic heterocycles. The van der Waals surface area contributed by atoms with Crippen LogP contribution in [0.4, 0.5) is 5.69 Å². The SMILES string of the molecule is Cc1nc(Br)ccc1NC(=O)c1csc(CN)n1. The molecule has 0 spiro atoms. The molecule has 2 aromatic rings. The second-order valence-electron chi connectivity index (χ2n) is 3.55. The number of anilines is 1. The maximum absolute atomic E-state index is 11.9. The Morgan fingerprint density at radius 1 is 1.50 bits per heavy atom. The number of pyridine rings is 1. The van der Waals surface area contributed by atoms with Crippen LogP contribution in [0.3, 0.4) is 0 Å². The van der Waals surface area contributed by atoms with Crippen molar-refractivity contribution in [2.45, 2.75) is 13.5 Å². The van der Waals surface area contributed by atoms with Gasteiger partial charge in [0, 0.05) is 11.9 Å². The van der Waals surface area contributed by atoms with Crippen molar-refractivity contribution >= 4 is 38.9 Å². The molecule has 0 aliphatic carbocycles. The number of carbonyl (C=O) groups is 1. The fourth-order valence-corrected chi connectivity index (χ4v) is 2.41. The summed E-state index contributed by atoms with van der Waals surface area (Å²) >= 11 is 4.65. The average Bonchev–Trinajstić information content (AvgIpc) is 2.81. The van der Waals surface area contributed by atoms with Crippen LogP contribution in [0.25, 0.3) is 0 Å². The summed E-state index contributed by atoms with van der Waals surface area (Å²) in [6.07, 6.45) is 0. The van der Waals surface area contributed by atoms with E-state index in [4.69, 9.17) is 5.73 Å². The highest BCUT2D eigenvalue weighted by Gasteiger charge is 2.12. The number of rotatable bonds is 3. The van der Waals surface area contributed by atoms with Gasteiger partial charge in [0.05, 0.1) is 11.4 Å². The van der Waals surface area contributed by atoms with Crippen molar-refractivity contribution in [2.24, 2.45) is 5.73 Å². The number of thiazole rings is 1. The van der Waals surface area contributed by atoms with Gasteiger partial charge in [-0.1, -0.05) is 0 Å². The largest absolute Gasteiger partial charge is 0.325 e. The third kappa shape index (κ3) is 2.92. The third-order valence-electron chi connectivity index (χ3n) is 2.26. The Bertz CT molecular complexity index is 584. The highest BCUT2D eigenvalue weighted by Crippen LogP contribution is 2.17. The Balaban J connectivity index is 2.16. The Kier molecular flexibility index (Phi) is 4.05.